The number of anilines is 1. The van der Waals surface area contributed by atoms with Crippen LogP contribution in [0, 0.1) is 12.7 Å². The lowest BCUT2D eigenvalue weighted by Crippen LogP contribution is -2.52. The molecule has 0 unspecified atom stereocenters. The van der Waals surface area contributed by atoms with E-state index in [0.717, 1.165) is 36.4 Å². The Balaban J connectivity index is 1.23. The minimum absolute atomic E-state index is 0.173. The lowest BCUT2D eigenvalue weighted by molar-refractivity contribution is -0.131. The van der Waals surface area contributed by atoms with Crippen molar-refractivity contribution in [1.29, 1.82) is 0 Å². The summed E-state index contributed by atoms with van der Waals surface area (Å²) < 4.78 is 13.7. The predicted molar refractivity (Wildman–Crippen MR) is 119 cm³/mol. The quantitative estimate of drug-likeness (QED) is 0.768. The third-order valence-electron chi connectivity index (χ3n) is 5.86. The van der Waals surface area contributed by atoms with Gasteiger partial charge in [-0.1, -0.05) is 12.1 Å². The monoisotopic (exact) mass is 445 g/mol. The van der Waals surface area contributed by atoms with Crippen molar-refractivity contribution in [3.63, 3.8) is 0 Å². The van der Waals surface area contributed by atoms with Gasteiger partial charge >= 0.3 is 6.03 Å². The van der Waals surface area contributed by atoms with Gasteiger partial charge in [0, 0.05) is 56.8 Å². The highest BCUT2D eigenvalue weighted by Gasteiger charge is 2.25. The largest absolute Gasteiger partial charge is 0.342 e. The molecule has 0 aliphatic carbocycles. The number of likely N-dealkylation sites (tertiary alicyclic amines) is 1. The fraction of sp³-hybridized carbons (Fsp3) is 0.500. The highest BCUT2D eigenvalue weighted by Crippen LogP contribution is 2.22. The molecule has 4 rings (SSSR count). The van der Waals surface area contributed by atoms with Crippen LogP contribution in [0.5, 0.6) is 0 Å². The van der Waals surface area contributed by atoms with Crippen molar-refractivity contribution in [1.82, 2.24) is 19.7 Å². The molecule has 3 amide bonds. The number of benzene rings is 1. The number of carbonyl (C=O) groups is 2. The normalized spacial score (nSPS) is 17.2. The molecule has 1 aromatic heterocycles. The van der Waals surface area contributed by atoms with Crippen LogP contribution >= 0.6 is 11.3 Å². The molecule has 2 fully saturated rings. The number of piperazine rings is 1. The summed E-state index contributed by atoms with van der Waals surface area (Å²) in [7, 11) is 0. The van der Waals surface area contributed by atoms with Crippen LogP contribution in [0.15, 0.2) is 24.4 Å². The molecular formula is C22H28FN5O2S. The highest BCUT2D eigenvalue weighted by molar-refractivity contribution is 7.15. The predicted octanol–water partition coefficient (Wildman–Crippen LogP) is 2.95. The molecule has 31 heavy (non-hydrogen) atoms. The Morgan fingerprint density at radius 2 is 1.84 bits per heavy atom. The van der Waals surface area contributed by atoms with E-state index in [4.69, 9.17) is 0 Å². The van der Waals surface area contributed by atoms with Gasteiger partial charge < -0.3 is 9.80 Å². The minimum Gasteiger partial charge on any atom is -0.342 e. The van der Waals surface area contributed by atoms with Gasteiger partial charge in [-0.15, -0.1) is 11.3 Å². The molecule has 3 heterocycles. The van der Waals surface area contributed by atoms with E-state index in [1.165, 1.54) is 11.3 Å². The van der Waals surface area contributed by atoms with Gasteiger partial charge in [-0.25, -0.2) is 14.2 Å². The Labute approximate surface area is 185 Å². The summed E-state index contributed by atoms with van der Waals surface area (Å²) in [5.41, 5.74) is 1.51. The molecule has 1 aromatic carbocycles. The lowest BCUT2D eigenvalue weighted by Gasteiger charge is -2.34. The van der Waals surface area contributed by atoms with Crippen LogP contribution in [-0.4, -0.2) is 77.4 Å². The van der Waals surface area contributed by atoms with E-state index in [1.54, 1.807) is 30.2 Å². The maximum Gasteiger partial charge on any atom is 0.323 e. The molecule has 2 aliphatic rings. The van der Waals surface area contributed by atoms with Crippen LogP contribution in [0.3, 0.4) is 0 Å². The molecule has 9 heteroatoms. The first-order valence-electron chi connectivity index (χ1n) is 10.7. The van der Waals surface area contributed by atoms with Crippen molar-refractivity contribution in [3.05, 3.63) is 46.2 Å². The Morgan fingerprint density at radius 3 is 2.55 bits per heavy atom. The van der Waals surface area contributed by atoms with Gasteiger partial charge in [-0.3, -0.25) is 15.0 Å². The molecule has 166 valence electrons. The summed E-state index contributed by atoms with van der Waals surface area (Å²) in [5, 5.41) is 3.41. The van der Waals surface area contributed by atoms with Crippen LogP contribution in [0.2, 0.25) is 0 Å². The van der Waals surface area contributed by atoms with E-state index in [9.17, 15) is 14.0 Å². The zero-order chi connectivity index (χ0) is 21.8. The van der Waals surface area contributed by atoms with Gasteiger partial charge in [0.15, 0.2) is 5.13 Å². The number of carbonyl (C=O) groups excluding carboxylic acids is 2. The van der Waals surface area contributed by atoms with E-state index in [-0.39, 0.29) is 17.8 Å². The third kappa shape index (κ3) is 5.59. The van der Waals surface area contributed by atoms with Crippen LogP contribution < -0.4 is 5.32 Å². The SMILES string of the molecule is Cc1ccc(Cc2cnc(NC(=O)N3CCN(CC(=O)N4CCCC4)CC3)s2)cc1F. The number of rotatable bonds is 5. The van der Waals surface area contributed by atoms with Crippen molar-refractivity contribution in [2.75, 3.05) is 51.1 Å². The smallest absolute Gasteiger partial charge is 0.323 e. The van der Waals surface area contributed by atoms with Crippen molar-refractivity contribution < 1.29 is 14.0 Å². The maximum absolute atomic E-state index is 13.7. The van der Waals surface area contributed by atoms with Gasteiger partial charge in [0.2, 0.25) is 5.91 Å². The van der Waals surface area contributed by atoms with Crippen molar-refractivity contribution >= 4 is 28.4 Å². The van der Waals surface area contributed by atoms with Crippen LogP contribution in [0.1, 0.15) is 28.8 Å². The molecule has 0 bridgehead atoms. The highest BCUT2D eigenvalue weighted by atomic mass is 32.1. The Hall–Kier alpha value is -2.52. The standard InChI is InChI=1S/C22H28FN5O2S/c1-16-4-5-17(13-19(16)23)12-18-14-24-21(31-18)25-22(30)28-10-8-26(9-11-28)15-20(29)27-6-2-3-7-27/h4-5,13-14H,2-3,6-12,15H2,1H3,(H,24,25,30). The number of nitrogens with zero attached hydrogens (tertiary/aromatic N) is 4. The molecule has 0 spiro atoms. The zero-order valence-electron chi connectivity index (χ0n) is 17.8. The summed E-state index contributed by atoms with van der Waals surface area (Å²) in [5.74, 6) is -0.0176. The van der Waals surface area contributed by atoms with Gasteiger partial charge in [-0.2, -0.15) is 0 Å². The fourth-order valence-electron chi connectivity index (χ4n) is 3.93. The fourth-order valence-corrected chi connectivity index (χ4v) is 4.77. The minimum atomic E-state index is -0.211. The molecule has 0 radical (unpaired) electrons. The van der Waals surface area contributed by atoms with E-state index >= 15 is 0 Å². The number of hydrogen-bond donors (Lipinski definition) is 1. The summed E-state index contributed by atoms with van der Waals surface area (Å²) >= 11 is 1.40. The van der Waals surface area contributed by atoms with Crippen molar-refractivity contribution in [2.45, 2.75) is 26.2 Å². The molecule has 2 saturated heterocycles. The topological polar surface area (TPSA) is 68.8 Å². The number of aromatic nitrogens is 1. The first-order chi connectivity index (χ1) is 15.0. The van der Waals surface area contributed by atoms with Gasteiger partial charge in [-0.05, 0) is 37.0 Å². The maximum atomic E-state index is 13.7. The molecule has 2 aliphatic heterocycles. The number of urea groups is 1. The van der Waals surface area contributed by atoms with Crippen LogP contribution in [-0.2, 0) is 11.2 Å². The van der Waals surface area contributed by atoms with E-state index in [0.29, 0.717) is 49.8 Å². The van der Waals surface area contributed by atoms with Crippen LogP contribution in [0.25, 0.3) is 0 Å². The number of nitrogens with one attached hydrogen (secondary N) is 1. The Bertz CT molecular complexity index is 936. The third-order valence-corrected chi connectivity index (χ3v) is 6.77. The number of thiazole rings is 1. The second kappa shape index (κ2) is 9.74. The Morgan fingerprint density at radius 1 is 1.10 bits per heavy atom. The second-order valence-corrected chi connectivity index (χ2v) is 9.29. The summed E-state index contributed by atoms with van der Waals surface area (Å²) in [4.78, 5) is 36.0. The first kappa shape index (κ1) is 21.7. The van der Waals surface area contributed by atoms with Gasteiger partial charge in [0.1, 0.15) is 5.82 Å². The number of hydrogen-bond acceptors (Lipinski definition) is 5. The molecule has 7 nitrogen and oxygen atoms in total. The van der Waals surface area contributed by atoms with Crippen molar-refractivity contribution in [3.8, 4) is 0 Å². The number of amides is 3. The number of halogens is 1. The first-order valence-corrected chi connectivity index (χ1v) is 11.6. The van der Waals surface area contributed by atoms with E-state index in [1.807, 2.05) is 11.0 Å². The van der Waals surface area contributed by atoms with E-state index in [2.05, 4.69) is 15.2 Å². The molecule has 0 atom stereocenters. The van der Waals surface area contributed by atoms with E-state index < -0.39 is 0 Å². The molecular weight excluding hydrogens is 417 g/mol. The summed E-state index contributed by atoms with van der Waals surface area (Å²) in [6, 6.07) is 5.05. The average molecular weight is 446 g/mol. The van der Waals surface area contributed by atoms with Crippen molar-refractivity contribution in [2.24, 2.45) is 0 Å². The zero-order valence-corrected chi connectivity index (χ0v) is 18.6. The average Bonchev–Trinajstić information content (AvgIpc) is 3.44. The van der Waals surface area contributed by atoms with Gasteiger partial charge in [0.05, 0.1) is 6.54 Å². The molecule has 1 N–H and O–H groups in total. The van der Waals surface area contributed by atoms with Crippen LogP contribution in [0.4, 0.5) is 14.3 Å². The second-order valence-electron chi connectivity index (χ2n) is 8.17. The van der Waals surface area contributed by atoms with Gasteiger partial charge in [0.25, 0.3) is 0 Å². The molecule has 0 saturated carbocycles. The summed E-state index contributed by atoms with van der Waals surface area (Å²) in [6.07, 6.45) is 4.49. The molecule has 2 aromatic rings. The lowest BCUT2D eigenvalue weighted by atomic mass is 10.1. The number of aryl methyl sites for hydroxylation is 1. The summed E-state index contributed by atoms with van der Waals surface area (Å²) in [6.45, 7) is 6.46. The Kier molecular flexibility index (Phi) is 6.82.